The molecule has 2 fully saturated rings. The maximum atomic E-state index is 14.5. The van der Waals surface area contributed by atoms with Crippen LogP contribution in [-0.2, 0) is 51.9 Å². The zero-order valence-corrected chi connectivity index (χ0v) is 63.1. The molecular formula is C74H115N14O14P. The van der Waals surface area contributed by atoms with E-state index in [9.17, 15) is 53.2 Å². The van der Waals surface area contributed by atoms with Crippen molar-refractivity contribution in [1.29, 1.82) is 0 Å². The highest BCUT2D eigenvalue weighted by Gasteiger charge is 2.66. The van der Waals surface area contributed by atoms with Crippen LogP contribution in [0.3, 0.4) is 0 Å². The van der Waals surface area contributed by atoms with Crippen LogP contribution in [0.25, 0.3) is 11.0 Å². The Morgan fingerprint density at radius 2 is 1.33 bits per heavy atom. The normalized spacial score (nSPS) is 30.2. The van der Waals surface area contributed by atoms with Gasteiger partial charge in [-0.25, -0.2) is 9.55 Å². The van der Waals surface area contributed by atoms with Crippen molar-refractivity contribution in [1.82, 2.24) is 25.5 Å². The number of allylic oxidation sites excluding steroid dienone is 6. The van der Waals surface area contributed by atoms with Gasteiger partial charge in [0.15, 0.2) is 6.23 Å². The lowest BCUT2D eigenvalue weighted by Gasteiger charge is -2.48. The highest BCUT2D eigenvalue weighted by atomic mass is 31.2. The van der Waals surface area contributed by atoms with Gasteiger partial charge in [0.2, 0.25) is 41.4 Å². The molecule has 7 amide bonds. The number of phosphoric acid groups is 1. The number of aromatic nitrogens is 2. The molecule has 1 aromatic heterocycles. The van der Waals surface area contributed by atoms with Gasteiger partial charge in [0.25, 0.3) is 0 Å². The number of hydrogen-bond donors (Lipinski definition) is 12. The van der Waals surface area contributed by atoms with E-state index in [1.54, 1.807) is 4.57 Å². The summed E-state index contributed by atoms with van der Waals surface area (Å²) < 4.78 is 32.5. The van der Waals surface area contributed by atoms with Gasteiger partial charge in [0.05, 0.1) is 41.7 Å². The maximum Gasteiger partial charge on any atom is 0.472 e. The molecule has 6 aliphatic rings. The molecule has 2 aromatic rings. The topological polar surface area (TPSA) is 472 Å². The Hall–Kier alpha value is -7.04. The van der Waals surface area contributed by atoms with Gasteiger partial charge in [-0.1, -0.05) is 86.0 Å². The number of carbonyl (C=O) groups is 7. The fraction of sp³-hybridized carbons (Fsp3) is 0.689. The first-order valence-electron chi connectivity index (χ1n) is 36.8. The molecule has 7 heterocycles. The van der Waals surface area contributed by atoms with Crippen LogP contribution >= 0.6 is 7.82 Å². The van der Waals surface area contributed by atoms with Crippen molar-refractivity contribution in [2.75, 3.05) is 26.2 Å². The highest BCUT2D eigenvalue weighted by molar-refractivity contribution is 7.47. The molecule has 8 bridgehead atoms. The number of rotatable bonds is 38. The first kappa shape index (κ1) is 81.6. The molecule has 15 atom stereocenters. The summed E-state index contributed by atoms with van der Waals surface area (Å²) in [5, 5.41) is 31.6. The number of aliphatic hydroxyl groups excluding tert-OH is 2. The van der Waals surface area contributed by atoms with Crippen molar-refractivity contribution in [2.45, 2.75) is 253 Å². The molecule has 29 heteroatoms. The van der Waals surface area contributed by atoms with Crippen LogP contribution in [-0.4, -0.2) is 145 Å². The smallest absolute Gasteiger partial charge is 0.394 e. The summed E-state index contributed by atoms with van der Waals surface area (Å²) >= 11 is 0. The van der Waals surface area contributed by atoms with E-state index in [1.807, 2.05) is 87.4 Å². The second kappa shape index (κ2) is 33.6. The molecule has 0 radical (unpaired) electrons. The van der Waals surface area contributed by atoms with Gasteiger partial charge in [0, 0.05) is 138 Å². The Morgan fingerprint density at radius 1 is 0.738 bits per heavy atom. The lowest BCUT2D eigenvalue weighted by molar-refractivity contribution is -0.124. The number of benzene rings is 1. The van der Waals surface area contributed by atoms with Crippen molar-refractivity contribution < 1.29 is 67.0 Å². The van der Waals surface area contributed by atoms with Crippen molar-refractivity contribution in [3.8, 4) is 0 Å². The number of fused-ring (bicyclic) bond motifs is 7. The second-order valence-electron chi connectivity index (χ2n) is 31.3. The van der Waals surface area contributed by atoms with Crippen molar-refractivity contribution in [3.05, 3.63) is 63.9 Å². The number of amides is 7. The van der Waals surface area contributed by atoms with Crippen LogP contribution in [0.2, 0.25) is 0 Å². The molecular weight excluding hydrogens is 1340 g/mol. The molecule has 18 N–H and O–H groups in total. The quantitative estimate of drug-likeness (QED) is 0.0247. The van der Waals surface area contributed by atoms with E-state index in [2.05, 4.69) is 20.9 Å². The summed E-state index contributed by atoms with van der Waals surface area (Å²) in [4.78, 5) is 129. The molecule has 0 aliphatic carbocycles. The fourth-order valence-corrected chi connectivity index (χ4v) is 18.6. The Labute approximate surface area is 605 Å². The van der Waals surface area contributed by atoms with Gasteiger partial charge < -0.3 is 74.8 Å². The average molecular weight is 1460 g/mol. The van der Waals surface area contributed by atoms with E-state index in [-0.39, 0.29) is 83.1 Å². The summed E-state index contributed by atoms with van der Waals surface area (Å²) in [5.41, 5.74) is 37.9. The zero-order chi connectivity index (χ0) is 75.9. The van der Waals surface area contributed by atoms with E-state index >= 15 is 0 Å². The Kier molecular flexibility index (Phi) is 26.6. The van der Waals surface area contributed by atoms with Crippen molar-refractivity contribution >= 4 is 77.3 Å². The number of nitrogens with zero attached hydrogens (tertiary/aromatic N) is 5. The van der Waals surface area contributed by atoms with Crippen LogP contribution < -0.4 is 50.4 Å². The zero-order valence-electron chi connectivity index (χ0n) is 62.2. The van der Waals surface area contributed by atoms with Crippen LogP contribution in [0.15, 0.2) is 67.8 Å². The number of nitrogens with two attached hydrogens (primary N) is 6. The number of ether oxygens (including phenoxy) is 1. The van der Waals surface area contributed by atoms with E-state index in [0.717, 1.165) is 49.8 Å². The van der Waals surface area contributed by atoms with Gasteiger partial charge in [0.1, 0.15) is 18.3 Å². The highest BCUT2D eigenvalue weighted by Crippen LogP contribution is 2.63. The first-order valence-corrected chi connectivity index (χ1v) is 38.3. The summed E-state index contributed by atoms with van der Waals surface area (Å²) in [7, 11) is -5.08. The summed E-state index contributed by atoms with van der Waals surface area (Å²) in [6.07, 6.45) is 7.13. The minimum atomic E-state index is -5.08. The molecule has 0 saturated carbocycles. The number of nitrogens with one attached hydrogen (secondary N) is 3. The van der Waals surface area contributed by atoms with Crippen molar-refractivity contribution in [3.63, 3.8) is 0 Å². The minimum Gasteiger partial charge on any atom is -0.394 e. The van der Waals surface area contributed by atoms with Gasteiger partial charge >= 0.3 is 7.82 Å². The number of imidazole rings is 1. The number of unbranched alkanes of at least 4 members (excludes halogenated alkanes) is 9. The number of phosphoric ester groups is 1. The minimum absolute atomic E-state index is 0.00718. The van der Waals surface area contributed by atoms with Crippen LogP contribution in [0.1, 0.15) is 215 Å². The Morgan fingerprint density at radius 3 is 1.93 bits per heavy atom. The van der Waals surface area contributed by atoms with Gasteiger partial charge in [-0.15, -0.1) is 0 Å². The molecule has 6 aliphatic heterocycles. The second-order valence-corrected chi connectivity index (χ2v) is 32.6. The standard InChI is InChI=1S/C74H115N14O14P/c1-41-32-51-52(33-42(41)2)88(40-83-51)69-64(97)65(53(39-89)100-69)102-103(98,99)101-43(3)38-82-61(96)28-29-71(8)49(34-57(78)92)68-74(11)73(10,37-59(80)94)48(23-26-56(77)91)63(87-74)45(5)67-72(9,36-58(79)93)46(24-27-60(95)81-31-21-19-17-15-13-12-14-16-18-20-30-75)50(84-67)35-54-70(6,7)47(22-25-55(76)90)62(85-54)44(4)66(71)86-68/h32-33,35,40,43,46-49,53,64-65,68-69,84,89,97H,12-31,34,36-39,75H2,1-11H3,(H2,76,90)(H2,77,91)(H2,78,92)(H2,79,93)(H2,80,94)(H,81,95)(H,82,96)(H,98,99)/b50-35?,62-44?,67-45-/t43-,46-,47-,48-,49+,53-,64-,65-,68-,69-,71-,72+,73+,74+/m1/s1. The average Bonchev–Trinajstić information content (AvgIpc) is 1.53. The molecule has 1 aromatic carbocycles. The number of primary amides is 5. The molecule has 0 spiro atoms. The third kappa shape index (κ3) is 17.9. The number of aliphatic imine (C=N–C) groups is 3. The van der Waals surface area contributed by atoms with E-state index in [0.29, 0.717) is 63.0 Å². The number of carbonyl (C=O) groups excluding carboxylic acids is 7. The molecule has 103 heavy (non-hydrogen) atoms. The van der Waals surface area contributed by atoms with Crippen molar-refractivity contribution in [2.24, 2.45) is 94.7 Å². The summed E-state index contributed by atoms with van der Waals surface area (Å²) in [6.45, 7) is 20.8. The maximum absolute atomic E-state index is 14.5. The van der Waals surface area contributed by atoms with Gasteiger partial charge in [-0.3, -0.25) is 57.6 Å². The van der Waals surface area contributed by atoms with Gasteiger partial charge in [-0.05, 0) is 127 Å². The largest absolute Gasteiger partial charge is 0.472 e. The number of aliphatic hydroxyl groups is 2. The monoisotopic (exact) mass is 1450 g/mol. The van der Waals surface area contributed by atoms with Crippen LogP contribution in [0.5, 0.6) is 0 Å². The summed E-state index contributed by atoms with van der Waals surface area (Å²) in [6, 6.07) is 2.71. The fourth-order valence-electron chi connectivity index (χ4n) is 17.4. The predicted molar refractivity (Wildman–Crippen MR) is 393 cm³/mol. The van der Waals surface area contributed by atoms with Gasteiger partial charge in [-0.2, -0.15) is 0 Å². The molecule has 2 saturated heterocycles. The predicted octanol–water partition coefficient (Wildman–Crippen LogP) is 6.65. The molecule has 8 rings (SSSR count). The van der Waals surface area contributed by atoms with E-state index < -0.39 is 137 Å². The van der Waals surface area contributed by atoms with Crippen LogP contribution in [0.4, 0.5) is 0 Å². The Bertz CT molecular complexity index is 3790. The third-order valence-electron chi connectivity index (χ3n) is 23.5. The van der Waals surface area contributed by atoms with E-state index in [4.69, 9.17) is 63.2 Å². The molecule has 28 nitrogen and oxygen atoms in total. The van der Waals surface area contributed by atoms with Crippen LogP contribution in [0, 0.1) is 59.2 Å². The summed E-state index contributed by atoms with van der Waals surface area (Å²) in [5.74, 6) is -6.65. The third-order valence-corrected chi connectivity index (χ3v) is 24.7. The first-order chi connectivity index (χ1) is 48.4. The SMILES string of the molecule is CC1=C2N=C(C=C3N/C(=C(/C)C4=N[C@@](C)([C@@H]5N=C1[C@](C)(CCC(=O)NC[C@@H](C)OP(=O)(O)O[C@H]1[C@@H](O)[C@H](n6cnc7cc(C)c(C)cc76)O[C@@H]1CO)[C@H]5CC(N)=O)[C@@](C)(CC(N)=O)[C@@H]4CCC(N)=O)[C@@](C)(CC(N)=O)[C@@H]3CCC(=O)NCCCCCCCCCCCCN)C(C)(C)[C@@H]2CCC(N)=O. The lowest BCUT2D eigenvalue weighted by Crippen LogP contribution is -2.56. The molecule has 1 unspecified atom stereocenters. The Balaban J connectivity index is 1.15. The van der Waals surface area contributed by atoms with E-state index in [1.165, 1.54) is 45.4 Å². The number of hydrogen-bond acceptors (Lipinski definition) is 19. The lowest BCUT2D eigenvalue weighted by atomic mass is 9.55. The molecule has 570 valence electrons. The number of aryl methyl sites for hydroxylation is 2.